The summed E-state index contributed by atoms with van der Waals surface area (Å²) in [6.45, 7) is 5.29. The van der Waals surface area contributed by atoms with Crippen molar-refractivity contribution in [1.82, 2.24) is 9.80 Å². The molecule has 0 saturated heterocycles. The summed E-state index contributed by atoms with van der Waals surface area (Å²) in [7, 11) is 6.22. The van der Waals surface area contributed by atoms with Crippen molar-refractivity contribution in [2.24, 2.45) is 0 Å². The number of rotatable bonds is 7. The lowest BCUT2D eigenvalue weighted by Crippen LogP contribution is -2.28. The van der Waals surface area contributed by atoms with Crippen molar-refractivity contribution < 1.29 is 9.84 Å². The molecule has 0 bridgehead atoms. The van der Waals surface area contributed by atoms with Crippen molar-refractivity contribution in [2.45, 2.75) is 13.5 Å². The molecule has 0 aliphatic carbocycles. The van der Waals surface area contributed by atoms with Gasteiger partial charge in [0, 0.05) is 19.6 Å². The zero-order valence-electron chi connectivity index (χ0n) is 12.1. The van der Waals surface area contributed by atoms with E-state index in [-0.39, 0.29) is 5.75 Å². The van der Waals surface area contributed by atoms with Gasteiger partial charge in [0.2, 0.25) is 0 Å². The van der Waals surface area contributed by atoms with Gasteiger partial charge in [0.05, 0.1) is 11.1 Å². The summed E-state index contributed by atoms with van der Waals surface area (Å²) >= 11 is 3.36. The number of hydrogen-bond donors (Lipinski definition) is 1. The van der Waals surface area contributed by atoms with Crippen LogP contribution in [0.4, 0.5) is 0 Å². The van der Waals surface area contributed by atoms with Crippen LogP contribution in [0.25, 0.3) is 0 Å². The number of phenols is 1. The lowest BCUT2D eigenvalue weighted by atomic mass is 10.2. The second-order valence-corrected chi connectivity index (χ2v) is 5.75. The van der Waals surface area contributed by atoms with E-state index in [9.17, 15) is 5.11 Å². The minimum Gasteiger partial charge on any atom is -0.503 e. The molecule has 0 atom stereocenters. The van der Waals surface area contributed by atoms with E-state index in [1.165, 1.54) is 0 Å². The first kappa shape index (κ1) is 16.3. The Bertz CT molecular complexity index is 411. The molecule has 19 heavy (non-hydrogen) atoms. The van der Waals surface area contributed by atoms with Crippen molar-refractivity contribution in [3.8, 4) is 11.5 Å². The molecule has 0 amide bonds. The second kappa shape index (κ2) is 7.72. The van der Waals surface area contributed by atoms with Gasteiger partial charge in [0.1, 0.15) is 0 Å². The maximum atomic E-state index is 9.87. The number of ether oxygens (including phenoxy) is 1. The number of likely N-dealkylation sites (N-methyl/N-ethyl adjacent to an activating group) is 2. The van der Waals surface area contributed by atoms with E-state index in [0.717, 1.165) is 25.2 Å². The van der Waals surface area contributed by atoms with Crippen LogP contribution in [0.1, 0.15) is 12.5 Å². The van der Waals surface area contributed by atoms with Gasteiger partial charge in [0.15, 0.2) is 11.5 Å². The van der Waals surface area contributed by atoms with Crippen molar-refractivity contribution in [1.29, 1.82) is 0 Å². The van der Waals surface area contributed by atoms with Gasteiger partial charge in [-0.2, -0.15) is 0 Å². The number of aromatic hydroxyl groups is 1. The Morgan fingerprint density at radius 2 is 1.89 bits per heavy atom. The van der Waals surface area contributed by atoms with E-state index >= 15 is 0 Å². The summed E-state index contributed by atoms with van der Waals surface area (Å²) in [4.78, 5) is 4.41. The molecule has 0 heterocycles. The van der Waals surface area contributed by atoms with E-state index in [4.69, 9.17) is 4.74 Å². The Morgan fingerprint density at radius 3 is 2.47 bits per heavy atom. The van der Waals surface area contributed by atoms with Crippen LogP contribution in [0.15, 0.2) is 16.6 Å². The van der Waals surface area contributed by atoms with Crippen LogP contribution in [-0.2, 0) is 6.54 Å². The first-order valence-corrected chi connectivity index (χ1v) is 7.20. The van der Waals surface area contributed by atoms with E-state index in [0.29, 0.717) is 16.8 Å². The highest BCUT2D eigenvalue weighted by Gasteiger charge is 2.10. The SMILES string of the molecule is CCOc1cc(CN(C)CCN(C)C)cc(Br)c1O. The number of nitrogens with zero attached hydrogens (tertiary/aromatic N) is 2. The third-order valence-corrected chi connectivity index (χ3v) is 3.37. The summed E-state index contributed by atoms with van der Waals surface area (Å²) in [6.07, 6.45) is 0. The molecule has 4 nitrogen and oxygen atoms in total. The van der Waals surface area contributed by atoms with Gasteiger partial charge in [-0.3, -0.25) is 0 Å². The second-order valence-electron chi connectivity index (χ2n) is 4.90. The monoisotopic (exact) mass is 330 g/mol. The van der Waals surface area contributed by atoms with Gasteiger partial charge in [-0.25, -0.2) is 0 Å². The molecule has 5 heteroatoms. The van der Waals surface area contributed by atoms with Crippen LogP contribution in [0.2, 0.25) is 0 Å². The third kappa shape index (κ3) is 5.38. The number of phenolic OH excluding ortho intramolecular Hbond substituents is 1. The van der Waals surface area contributed by atoms with Gasteiger partial charge >= 0.3 is 0 Å². The fraction of sp³-hybridized carbons (Fsp3) is 0.571. The average Bonchev–Trinajstić information content (AvgIpc) is 2.33. The van der Waals surface area contributed by atoms with Crippen molar-refractivity contribution >= 4 is 15.9 Å². The van der Waals surface area contributed by atoms with E-state index in [1.807, 2.05) is 19.1 Å². The molecule has 0 saturated carbocycles. The average molecular weight is 331 g/mol. The Hall–Kier alpha value is -0.780. The van der Waals surface area contributed by atoms with Gasteiger partial charge in [0.25, 0.3) is 0 Å². The number of halogens is 1. The third-order valence-electron chi connectivity index (χ3n) is 2.77. The first-order valence-electron chi connectivity index (χ1n) is 6.41. The Morgan fingerprint density at radius 1 is 1.21 bits per heavy atom. The zero-order valence-corrected chi connectivity index (χ0v) is 13.7. The molecule has 108 valence electrons. The molecule has 0 aromatic heterocycles. The van der Waals surface area contributed by atoms with E-state index in [1.54, 1.807) is 0 Å². The summed E-state index contributed by atoms with van der Waals surface area (Å²) in [5, 5.41) is 9.87. The summed E-state index contributed by atoms with van der Waals surface area (Å²) in [5.74, 6) is 0.703. The Labute approximate surface area is 124 Å². The van der Waals surface area contributed by atoms with Crippen molar-refractivity contribution in [2.75, 3.05) is 40.8 Å². The van der Waals surface area contributed by atoms with E-state index in [2.05, 4.69) is 46.9 Å². The summed E-state index contributed by atoms with van der Waals surface area (Å²) in [5.41, 5.74) is 1.12. The molecular weight excluding hydrogens is 308 g/mol. The molecule has 1 aromatic rings. The molecule has 0 spiro atoms. The normalized spacial score (nSPS) is 11.3. The molecular formula is C14H23BrN2O2. The predicted octanol–water partition coefficient (Wildman–Crippen LogP) is 2.55. The quantitative estimate of drug-likeness (QED) is 0.833. The highest BCUT2D eigenvalue weighted by atomic mass is 79.9. The standard InChI is InChI=1S/C14H23BrN2O2/c1-5-19-13-9-11(8-12(15)14(13)18)10-17(4)7-6-16(2)3/h8-9,18H,5-7,10H2,1-4H3. The Kier molecular flexibility index (Phi) is 6.62. The van der Waals surface area contributed by atoms with Crippen molar-refractivity contribution in [3.63, 3.8) is 0 Å². The lowest BCUT2D eigenvalue weighted by Gasteiger charge is -2.20. The smallest absolute Gasteiger partial charge is 0.172 e. The summed E-state index contributed by atoms with van der Waals surface area (Å²) in [6, 6.07) is 3.83. The van der Waals surface area contributed by atoms with Crippen LogP contribution in [0.3, 0.4) is 0 Å². The summed E-state index contributed by atoms with van der Waals surface area (Å²) < 4.78 is 6.11. The zero-order chi connectivity index (χ0) is 14.4. The highest BCUT2D eigenvalue weighted by molar-refractivity contribution is 9.10. The predicted molar refractivity (Wildman–Crippen MR) is 81.9 cm³/mol. The lowest BCUT2D eigenvalue weighted by molar-refractivity contribution is 0.275. The van der Waals surface area contributed by atoms with Gasteiger partial charge < -0.3 is 19.6 Å². The van der Waals surface area contributed by atoms with Gasteiger partial charge in [-0.15, -0.1) is 0 Å². The largest absolute Gasteiger partial charge is 0.503 e. The molecule has 1 rings (SSSR count). The molecule has 0 unspecified atom stereocenters. The van der Waals surface area contributed by atoms with Gasteiger partial charge in [-0.1, -0.05) is 0 Å². The topological polar surface area (TPSA) is 35.9 Å². The minimum absolute atomic E-state index is 0.168. The van der Waals surface area contributed by atoms with Gasteiger partial charge in [-0.05, 0) is 61.7 Å². The minimum atomic E-state index is 0.168. The highest BCUT2D eigenvalue weighted by Crippen LogP contribution is 2.35. The molecule has 0 fully saturated rings. The first-order chi connectivity index (χ1) is 8.93. The van der Waals surface area contributed by atoms with Crippen LogP contribution < -0.4 is 4.74 Å². The van der Waals surface area contributed by atoms with Crippen LogP contribution in [0.5, 0.6) is 11.5 Å². The Balaban J connectivity index is 2.72. The molecule has 1 N–H and O–H groups in total. The van der Waals surface area contributed by atoms with Crippen LogP contribution >= 0.6 is 15.9 Å². The molecule has 0 radical (unpaired) electrons. The molecule has 0 aliphatic heterocycles. The maximum absolute atomic E-state index is 9.87. The fourth-order valence-electron chi connectivity index (χ4n) is 1.75. The number of benzene rings is 1. The van der Waals surface area contributed by atoms with Crippen LogP contribution in [-0.4, -0.2) is 55.7 Å². The fourth-order valence-corrected chi connectivity index (χ4v) is 2.23. The molecule has 0 aliphatic rings. The van der Waals surface area contributed by atoms with Crippen LogP contribution in [0, 0.1) is 0 Å². The number of hydrogen-bond acceptors (Lipinski definition) is 4. The molecule has 1 aromatic carbocycles. The maximum Gasteiger partial charge on any atom is 0.172 e. The van der Waals surface area contributed by atoms with E-state index < -0.39 is 0 Å². The van der Waals surface area contributed by atoms with Crippen molar-refractivity contribution in [3.05, 3.63) is 22.2 Å².